The molecule has 0 heterocycles. The van der Waals surface area contributed by atoms with Gasteiger partial charge in [-0.2, -0.15) is 0 Å². The number of ether oxygens (including phenoxy) is 1. The van der Waals surface area contributed by atoms with Gasteiger partial charge in [0.1, 0.15) is 5.75 Å². The lowest BCUT2D eigenvalue weighted by Crippen LogP contribution is -2.29. The first kappa shape index (κ1) is 19.2. The Balaban J connectivity index is 2.00. The number of carbonyl (C=O) groups is 3. The van der Waals surface area contributed by atoms with E-state index in [0.29, 0.717) is 41.3 Å². The first-order valence-electron chi connectivity index (χ1n) is 8.35. The Labute approximate surface area is 152 Å². The first-order valence-corrected chi connectivity index (χ1v) is 8.35. The van der Waals surface area contributed by atoms with Gasteiger partial charge in [0, 0.05) is 6.54 Å². The van der Waals surface area contributed by atoms with Crippen LogP contribution in [-0.2, 0) is 4.79 Å². The summed E-state index contributed by atoms with van der Waals surface area (Å²) in [6, 6.07) is 13.4. The smallest absolute Gasteiger partial charge is 0.262 e. The van der Waals surface area contributed by atoms with Gasteiger partial charge in [-0.3, -0.25) is 14.4 Å². The first-order chi connectivity index (χ1) is 12.5. The fourth-order valence-electron chi connectivity index (χ4n) is 2.22. The molecule has 0 saturated heterocycles. The minimum atomic E-state index is -0.421. The number of hydrogen-bond acceptors (Lipinski definition) is 4. The van der Waals surface area contributed by atoms with E-state index < -0.39 is 5.91 Å². The highest BCUT2D eigenvalue weighted by atomic mass is 16.5. The lowest BCUT2D eigenvalue weighted by molar-refractivity contribution is -0.118. The van der Waals surface area contributed by atoms with E-state index in [-0.39, 0.29) is 12.5 Å². The van der Waals surface area contributed by atoms with Gasteiger partial charge in [0.05, 0.1) is 16.8 Å². The molecule has 26 heavy (non-hydrogen) atoms. The molecule has 136 valence electrons. The Morgan fingerprint density at radius 2 is 1.77 bits per heavy atom. The maximum absolute atomic E-state index is 12.3. The van der Waals surface area contributed by atoms with Crippen LogP contribution in [0.3, 0.4) is 0 Å². The van der Waals surface area contributed by atoms with Crippen molar-refractivity contribution in [2.45, 2.75) is 13.8 Å². The summed E-state index contributed by atoms with van der Waals surface area (Å²) in [7, 11) is 0. The van der Waals surface area contributed by atoms with E-state index in [1.165, 1.54) is 0 Å². The molecule has 0 bridgehead atoms. The summed E-state index contributed by atoms with van der Waals surface area (Å²) < 4.78 is 5.40. The molecule has 2 N–H and O–H groups in total. The van der Waals surface area contributed by atoms with E-state index in [1.807, 2.05) is 13.8 Å². The number of anilines is 1. The molecule has 6 nitrogen and oxygen atoms in total. The summed E-state index contributed by atoms with van der Waals surface area (Å²) in [6.45, 7) is 4.28. The molecule has 6 heteroatoms. The molecule has 0 saturated carbocycles. The zero-order valence-electron chi connectivity index (χ0n) is 14.8. The van der Waals surface area contributed by atoms with Gasteiger partial charge in [-0.05, 0) is 30.2 Å². The molecule has 0 aromatic heterocycles. The minimum Gasteiger partial charge on any atom is -0.483 e. The number of aldehydes is 1. The van der Waals surface area contributed by atoms with E-state index in [1.54, 1.807) is 48.5 Å². The van der Waals surface area contributed by atoms with Crippen molar-refractivity contribution in [3.05, 3.63) is 59.7 Å². The number of rotatable bonds is 8. The van der Waals surface area contributed by atoms with Gasteiger partial charge >= 0.3 is 0 Å². The molecule has 0 atom stereocenters. The number of amides is 2. The maximum Gasteiger partial charge on any atom is 0.262 e. The highest BCUT2D eigenvalue weighted by Crippen LogP contribution is 2.17. The summed E-state index contributed by atoms with van der Waals surface area (Å²) in [5.74, 6) is -0.00997. The van der Waals surface area contributed by atoms with Crippen LogP contribution in [0.5, 0.6) is 5.75 Å². The Bertz CT molecular complexity index is 787. The second kappa shape index (κ2) is 9.36. The van der Waals surface area contributed by atoms with Crippen LogP contribution in [-0.4, -0.2) is 31.3 Å². The fourth-order valence-corrected chi connectivity index (χ4v) is 2.22. The summed E-state index contributed by atoms with van der Waals surface area (Å²) in [4.78, 5) is 35.4. The highest BCUT2D eigenvalue weighted by Gasteiger charge is 2.14. The molecular formula is C20H22N2O4. The lowest BCUT2D eigenvalue weighted by Gasteiger charge is -2.13. The topological polar surface area (TPSA) is 84.5 Å². The SMILES string of the molecule is CC(C)CNC(=O)c1ccccc1NC(=O)COc1ccccc1C=O. The summed E-state index contributed by atoms with van der Waals surface area (Å²) in [5, 5.41) is 5.50. The van der Waals surface area contributed by atoms with E-state index in [2.05, 4.69) is 10.6 Å². The number of para-hydroxylation sites is 2. The van der Waals surface area contributed by atoms with Crippen LogP contribution >= 0.6 is 0 Å². The van der Waals surface area contributed by atoms with E-state index in [0.717, 1.165) is 0 Å². The van der Waals surface area contributed by atoms with Crippen molar-refractivity contribution in [1.29, 1.82) is 0 Å². The molecule has 0 aliphatic heterocycles. The second-order valence-electron chi connectivity index (χ2n) is 6.14. The van der Waals surface area contributed by atoms with Crippen LogP contribution < -0.4 is 15.4 Å². The van der Waals surface area contributed by atoms with Gasteiger partial charge < -0.3 is 15.4 Å². The molecule has 0 fully saturated rings. The third kappa shape index (κ3) is 5.44. The van der Waals surface area contributed by atoms with Crippen LogP contribution in [0.2, 0.25) is 0 Å². The van der Waals surface area contributed by atoms with Crippen LogP contribution in [0.25, 0.3) is 0 Å². The van der Waals surface area contributed by atoms with Crippen LogP contribution in [0.1, 0.15) is 34.6 Å². The van der Waals surface area contributed by atoms with Crippen LogP contribution in [0.4, 0.5) is 5.69 Å². The van der Waals surface area contributed by atoms with Crippen molar-refractivity contribution < 1.29 is 19.1 Å². The average Bonchev–Trinajstić information content (AvgIpc) is 2.65. The molecule has 0 aliphatic carbocycles. The van der Waals surface area contributed by atoms with Crippen molar-refractivity contribution in [2.24, 2.45) is 5.92 Å². The summed E-state index contributed by atoms with van der Waals surface area (Å²) in [6.07, 6.45) is 0.668. The normalized spacial score (nSPS) is 10.3. The summed E-state index contributed by atoms with van der Waals surface area (Å²) >= 11 is 0. The van der Waals surface area contributed by atoms with Crippen LogP contribution in [0.15, 0.2) is 48.5 Å². The van der Waals surface area contributed by atoms with Crippen molar-refractivity contribution in [3.8, 4) is 5.75 Å². The van der Waals surface area contributed by atoms with Gasteiger partial charge in [-0.1, -0.05) is 38.1 Å². The molecule has 0 aliphatic rings. The molecular weight excluding hydrogens is 332 g/mol. The highest BCUT2D eigenvalue weighted by molar-refractivity contribution is 6.04. The van der Waals surface area contributed by atoms with Gasteiger partial charge in [-0.25, -0.2) is 0 Å². The van der Waals surface area contributed by atoms with Crippen molar-refractivity contribution in [1.82, 2.24) is 5.32 Å². The van der Waals surface area contributed by atoms with E-state index in [9.17, 15) is 14.4 Å². The molecule has 0 radical (unpaired) electrons. The monoisotopic (exact) mass is 354 g/mol. The van der Waals surface area contributed by atoms with Gasteiger partial charge in [-0.15, -0.1) is 0 Å². The van der Waals surface area contributed by atoms with Crippen molar-refractivity contribution in [2.75, 3.05) is 18.5 Å². The Kier molecular flexibility index (Phi) is 6.91. The minimum absolute atomic E-state index is 0.248. The Morgan fingerprint density at radius 1 is 1.08 bits per heavy atom. The fraction of sp³-hybridized carbons (Fsp3) is 0.250. The predicted octanol–water partition coefficient (Wildman–Crippen LogP) is 2.90. The quantitative estimate of drug-likeness (QED) is 0.714. The number of carbonyl (C=O) groups excluding carboxylic acids is 3. The Morgan fingerprint density at radius 3 is 2.50 bits per heavy atom. The second-order valence-corrected chi connectivity index (χ2v) is 6.14. The largest absolute Gasteiger partial charge is 0.483 e. The predicted molar refractivity (Wildman–Crippen MR) is 99.6 cm³/mol. The van der Waals surface area contributed by atoms with E-state index in [4.69, 9.17) is 4.74 Å². The van der Waals surface area contributed by atoms with Gasteiger partial charge in [0.15, 0.2) is 12.9 Å². The molecule has 2 aromatic rings. The van der Waals surface area contributed by atoms with Crippen molar-refractivity contribution in [3.63, 3.8) is 0 Å². The molecule has 2 rings (SSSR count). The molecule has 0 spiro atoms. The zero-order valence-corrected chi connectivity index (χ0v) is 14.8. The molecule has 0 unspecified atom stereocenters. The lowest BCUT2D eigenvalue weighted by atomic mass is 10.1. The number of benzene rings is 2. The zero-order chi connectivity index (χ0) is 18.9. The van der Waals surface area contributed by atoms with E-state index >= 15 is 0 Å². The van der Waals surface area contributed by atoms with Gasteiger partial charge in [0.2, 0.25) is 0 Å². The summed E-state index contributed by atoms with van der Waals surface area (Å²) in [5.41, 5.74) is 1.16. The third-order valence-corrected chi connectivity index (χ3v) is 3.52. The Hall–Kier alpha value is -3.15. The number of nitrogens with one attached hydrogen (secondary N) is 2. The standard InChI is InChI=1S/C20H22N2O4/c1-14(2)11-21-20(25)16-8-4-5-9-17(16)22-19(24)13-26-18-10-6-3-7-15(18)12-23/h3-10,12,14H,11,13H2,1-2H3,(H,21,25)(H,22,24). The average molecular weight is 354 g/mol. The van der Waals surface area contributed by atoms with Gasteiger partial charge in [0.25, 0.3) is 11.8 Å². The van der Waals surface area contributed by atoms with Crippen LogP contribution in [0, 0.1) is 5.92 Å². The molecule has 2 amide bonds. The third-order valence-electron chi connectivity index (χ3n) is 3.52. The van der Waals surface area contributed by atoms with Crippen molar-refractivity contribution >= 4 is 23.8 Å². The molecule has 2 aromatic carbocycles. The maximum atomic E-state index is 12.3. The number of hydrogen-bond donors (Lipinski definition) is 2.